The largest absolute Gasteiger partial charge is 0.312 e. The number of rotatable bonds is 7. The second kappa shape index (κ2) is 10.7. The van der Waals surface area contributed by atoms with Crippen LogP contribution in [0.1, 0.15) is 59.9 Å². The van der Waals surface area contributed by atoms with E-state index in [4.69, 9.17) is 11.6 Å². The number of amides is 3. The Morgan fingerprint density at radius 3 is 2.49 bits per heavy atom. The van der Waals surface area contributed by atoms with Crippen LogP contribution in [-0.2, 0) is 11.3 Å². The number of fused-ring (bicyclic) bond motifs is 1. The van der Waals surface area contributed by atoms with Gasteiger partial charge in [0.15, 0.2) is 5.69 Å². The van der Waals surface area contributed by atoms with Gasteiger partial charge in [0.1, 0.15) is 0 Å². The van der Waals surface area contributed by atoms with Gasteiger partial charge in [-0.2, -0.15) is 5.10 Å². The molecule has 1 saturated heterocycles. The fourth-order valence-electron chi connectivity index (χ4n) is 4.13. The molecule has 9 nitrogen and oxygen atoms in total. The maximum atomic E-state index is 13.0. The summed E-state index contributed by atoms with van der Waals surface area (Å²) in [5.74, 6) is -1.36. The van der Waals surface area contributed by atoms with Crippen molar-refractivity contribution >= 4 is 45.8 Å². The van der Waals surface area contributed by atoms with Gasteiger partial charge in [-0.05, 0) is 37.1 Å². The van der Waals surface area contributed by atoms with Crippen molar-refractivity contribution in [1.82, 2.24) is 20.6 Å². The third-order valence-electron chi connectivity index (χ3n) is 5.91. The summed E-state index contributed by atoms with van der Waals surface area (Å²) in [6.07, 6.45) is 3.76. The maximum absolute atomic E-state index is 13.0. The highest BCUT2D eigenvalue weighted by Crippen LogP contribution is 2.28. The zero-order chi connectivity index (χ0) is 24.9. The summed E-state index contributed by atoms with van der Waals surface area (Å²) in [5, 5.41) is 5.46. The number of carbonyl (C=O) groups excluding carboxylic acids is 3. The lowest BCUT2D eigenvalue weighted by atomic mass is 10.1. The van der Waals surface area contributed by atoms with E-state index in [1.165, 1.54) is 15.6 Å². The second-order valence-electron chi connectivity index (χ2n) is 8.35. The number of halogens is 1. The molecule has 3 aromatic rings. The van der Waals surface area contributed by atoms with Crippen molar-refractivity contribution in [2.45, 2.75) is 45.6 Å². The van der Waals surface area contributed by atoms with Crippen LogP contribution in [-0.4, -0.2) is 34.0 Å². The Labute approximate surface area is 207 Å². The first-order valence-corrected chi connectivity index (χ1v) is 12.0. The quantitative estimate of drug-likeness (QED) is 0.385. The van der Waals surface area contributed by atoms with Gasteiger partial charge in [-0.15, -0.1) is 0 Å². The van der Waals surface area contributed by atoms with Crippen molar-refractivity contribution in [1.29, 1.82) is 0 Å². The molecule has 0 aliphatic carbocycles. The van der Waals surface area contributed by atoms with Gasteiger partial charge in [0, 0.05) is 29.9 Å². The van der Waals surface area contributed by atoms with Crippen LogP contribution in [0.4, 0.5) is 5.69 Å². The number of nitrogens with zero attached hydrogens (tertiary/aromatic N) is 3. The van der Waals surface area contributed by atoms with Gasteiger partial charge in [-0.1, -0.05) is 49.6 Å². The molecule has 1 aliphatic rings. The maximum Gasteiger partial charge on any atom is 0.290 e. The smallest absolute Gasteiger partial charge is 0.290 e. The lowest BCUT2D eigenvalue weighted by molar-refractivity contribution is -0.117. The average Bonchev–Trinajstić information content (AvgIpc) is 3.29. The van der Waals surface area contributed by atoms with Crippen molar-refractivity contribution in [2.24, 2.45) is 0 Å². The van der Waals surface area contributed by atoms with Gasteiger partial charge in [-0.3, -0.25) is 30.0 Å². The molecule has 2 N–H and O–H groups in total. The van der Waals surface area contributed by atoms with Crippen LogP contribution >= 0.6 is 11.6 Å². The number of aromatic nitrogens is 2. The van der Waals surface area contributed by atoms with Crippen molar-refractivity contribution in [3.63, 3.8) is 0 Å². The summed E-state index contributed by atoms with van der Waals surface area (Å²) in [4.78, 5) is 52.6. The molecule has 0 radical (unpaired) electrons. The molecule has 3 amide bonds. The van der Waals surface area contributed by atoms with Crippen LogP contribution in [0.5, 0.6) is 0 Å². The number of hydrogen-bond acceptors (Lipinski definition) is 5. The number of aryl methyl sites for hydroxylation is 1. The molecule has 10 heteroatoms. The fraction of sp³-hybridized carbons (Fsp3) is 0.320. The molecule has 0 spiro atoms. The molecular formula is C25H26ClN5O4. The highest BCUT2D eigenvalue weighted by molar-refractivity contribution is 6.31. The van der Waals surface area contributed by atoms with Crippen molar-refractivity contribution in [3.8, 4) is 0 Å². The summed E-state index contributed by atoms with van der Waals surface area (Å²) in [7, 11) is 0. The Balaban J connectivity index is 1.58. The first kappa shape index (κ1) is 24.4. The number of anilines is 1. The Morgan fingerprint density at radius 2 is 1.77 bits per heavy atom. The number of unbranched alkanes of at least 4 members (excludes halogenated alkanes) is 2. The Kier molecular flexibility index (Phi) is 7.45. The topological polar surface area (TPSA) is 113 Å². The zero-order valence-corrected chi connectivity index (χ0v) is 20.1. The van der Waals surface area contributed by atoms with E-state index in [0.717, 1.165) is 19.3 Å². The van der Waals surface area contributed by atoms with E-state index in [9.17, 15) is 19.2 Å². The van der Waals surface area contributed by atoms with Crippen molar-refractivity contribution in [3.05, 3.63) is 69.1 Å². The van der Waals surface area contributed by atoms with E-state index in [2.05, 4.69) is 22.9 Å². The first-order chi connectivity index (χ1) is 16.9. The number of hydrogen-bond donors (Lipinski definition) is 2. The van der Waals surface area contributed by atoms with Gasteiger partial charge < -0.3 is 4.90 Å². The summed E-state index contributed by atoms with van der Waals surface area (Å²) < 4.78 is 1.30. The lowest BCUT2D eigenvalue weighted by Gasteiger charge is -2.20. The SMILES string of the molecule is CCCCCn1nc(C(=O)NNC(=O)c2ccc(Cl)cc2N2CCCC2=O)c2ccccc2c1=O. The molecule has 2 aromatic carbocycles. The van der Waals surface area contributed by atoms with Crippen molar-refractivity contribution < 1.29 is 14.4 Å². The summed E-state index contributed by atoms with van der Waals surface area (Å²) in [5.41, 5.74) is 5.15. The number of nitrogens with one attached hydrogen (secondary N) is 2. The van der Waals surface area contributed by atoms with E-state index in [1.54, 1.807) is 36.4 Å². The van der Waals surface area contributed by atoms with Crippen LogP contribution in [0, 0.1) is 0 Å². The Morgan fingerprint density at radius 1 is 1.03 bits per heavy atom. The van der Waals surface area contributed by atoms with Gasteiger partial charge >= 0.3 is 0 Å². The van der Waals surface area contributed by atoms with Crippen LogP contribution in [0.2, 0.25) is 5.02 Å². The molecule has 0 unspecified atom stereocenters. The fourth-order valence-corrected chi connectivity index (χ4v) is 4.30. The third-order valence-corrected chi connectivity index (χ3v) is 6.15. The summed E-state index contributed by atoms with van der Waals surface area (Å²) in [6, 6.07) is 11.3. The van der Waals surface area contributed by atoms with Crippen LogP contribution in [0.15, 0.2) is 47.3 Å². The molecule has 182 valence electrons. The van der Waals surface area contributed by atoms with Gasteiger partial charge in [0.25, 0.3) is 17.4 Å². The molecule has 4 rings (SSSR count). The zero-order valence-electron chi connectivity index (χ0n) is 19.3. The minimum Gasteiger partial charge on any atom is -0.312 e. The molecule has 0 atom stereocenters. The van der Waals surface area contributed by atoms with Gasteiger partial charge in [0.2, 0.25) is 5.91 Å². The van der Waals surface area contributed by atoms with E-state index < -0.39 is 11.8 Å². The predicted octanol–water partition coefficient (Wildman–Crippen LogP) is 3.44. The van der Waals surface area contributed by atoms with E-state index in [-0.39, 0.29) is 22.7 Å². The average molecular weight is 496 g/mol. The minimum atomic E-state index is -0.661. The third kappa shape index (κ3) is 5.19. The second-order valence-corrected chi connectivity index (χ2v) is 8.78. The molecule has 2 heterocycles. The highest BCUT2D eigenvalue weighted by atomic mass is 35.5. The first-order valence-electron chi connectivity index (χ1n) is 11.6. The predicted molar refractivity (Wildman–Crippen MR) is 133 cm³/mol. The van der Waals surface area contributed by atoms with Crippen molar-refractivity contribution in [2.75, 3.05) is 11.4 Å². The van der Waals surface area contributed by atoms with E-state index in [1.807, 2.05) is 0 Å². The van der Waals surface area contributed by atoms with Crippen LogP contribution in [0.3, 0.4) is 0 Å². The lowest BCUT2D eigenvalue weighted by Crippen LogP contribution is -2.43. The monoisotopic (exact) mass is 495 g/mol. The Hall–Kier alpha value is -3.72. The normalized spacial score (nSPS) is 13.3. The highest BCUT2D eigenvalue weighted by Gasteiger charge is 2.26. The number of carbonyl (C=O) groups is 3. The van der Waals surface area contributed by atoms with Gasteiger partial charge in [-0.25, -0.2) is 4.68 Å². The Bertz CT molecular complexity index is 1350. The summed E-state index contributed by atoms with van der Waals surface area (Å²) >= 11 is 6.11. The van der Waals surface area contributed by atoms with Gasteiger partial charge in [0.05, 0.1) is 16.6 Å². The van der Waals surface area contributed by atoms with Crippen LogP contribution < -0.4 is 21.3 Å². The molecule has 1 fully saturated rings. The standard InChI is InChI=1S/C25H26ClN5O4/c1-2-3-6-14-31-25(35)18-9-5-4-8-17(18)22(29-31)24(34)28-27-23(33)19-12-11-16(26)15-20(19)30-13-7-10-21(30)32/h4-5,8-9,11-12,15H,2-3,6-7,10,13-14H2,1H3,(H,27,33)(H,28,34). The summed E-state index contributed by atoms with van der Waals surface area (Å²) in [6.45, 7) is 2.94. The minimum absolute atomic E-state index is 0.0306. The molecule has 35 heavy (non-hydrogen) atoms. The number of benzene rings is 2. The molecule has 0 saturated carbocycles. The molecule has 1 aliphatic heterocycles. The van der Waals surface area contributed by atoms with Crippen LogP contribution in [0.25, 0.3) is 10.8 Å². The molecule has 1 aromatic heterocycles. The number of hydrazine groups is 1. The van der Waals surface area contributed by atoms with E-state index >= 15 is 0 Å². The van der Waals surface area contributed by atoms with E-state index in [0.29, 0.717) is 47.4 Å². The molecular weight excluding hydrogens is 470 g/mol. The molecule has 0 bridgehead atoms.